The number of nitrogens with one attached hydrogen (secondary N) is 1. The second-order valence-electron chi connectivity index (χ2n) is 4.14. The highest BCUT2D eigenvalue weighted by atomic mass is 35.5. The first kappa shape index (κ1) is 13.8. The molecule has 0 fully saturated rings. The highest BCUT2D eigenvalue weighted by molar-refractivity contribution is 6.30. The van der Waals surface area contributed by atoms with Crippen LogP contribution in [0.3, 0.4) is 0 Å². The summed E-state index contributed by atoms with van der Waals surface area (Å²) in [7, 11) is 0. The molecule has 0 amide bonds. The van der Waals surface area contributed by atoms with Crippen LogP contribution in [0.25, 0.3) is 0 Å². The van der Waals surface area contributed by atoms with E-state index in [0.717, 1.165) is 5.56 Å². The number of nitrogens with two attached hydrogens (primary N) is 1. The molecule has 0 spiro atoms. The van der Waals surface area contributed by atoms with Crippen molar-refractivity contribution in [1.82, 2.24) is 0 Å². The van der Waals surface area contributed by atoms with Crippen LogP contribution >= 0.6 is 11.6 Å². The second kappa shape index (κ2) is 5.99. The van der Waals surface area contributed by atoms with Crippen LogP contribution in [0, 0.1) is 11.6 Å². The first-order valence-electron chi connectivity index (χ1n) is 5.76. The second-order valence-corrected chi connectivity index (χ2v) is 4.58. The molecule has 0 aromatic heterocycles. The molecule has 100 valence electrons. The van der Waals surface area contributed by atoms with E-state index in [1.165, 1.54) is 24.3 Å². The van der Waals surface area contributed by atoms with Gasteiger partial charge in [-0.2, -0.15) is 0 Å². The van der Waals surface area contributed by atoms with E-state index in [0.29, 0.717) is 17.3 Å². The lowest BCUT2D eigenvalue weighted by Gasteiger charge is -2.19. The van der Waals surface area contributed by atoms with Gasteiger partial charge in [0.25, 0.3) is 0 Å². The summed E-state index contributed by atoms with van der Waals surface area (Å²) in [6, 6.07) is 9.92. The first-order chi connectivity index (χ1) is 9.08. The number of anilines is 1. The maximum atomic E-state index is 13.2. The molecule has 19 heavy (non-hydrogen) atoms. The standard InChI is InChI=1S/C14H13ClF2N2/c15-10-5-12(17)7-13(6-10)19-14(8-18)9-1-3-11(16)4-2-9/h1-7,14,19H,8,18H2. The van der Waals surface area contributed by atoms with E-state index < -0.39 is 5.82 Å². The van der Waals surface area contributed by atoms with Gasteiger partial charge in [-0.25, -0.2) is 8.78 Å². The largest absolute Gasteiger partial charge is 0.377 e. The summed E-state index contributed by atoms with van der Waals surface area (Å²) in [4.78, 5) is 0. The summed E-state index contributed by atoms with van der Waals surface area (Å²) >= 11 is 5.78. The molecule has 3 N–H and O–H groups in total. The molecule has 2 rings (SSSR count). The van der Waals surface area contributed by atoms with Gasteiger partial charge in [0.1, 0.15) is 11.6 Å². The minimum Gasteiger partial charge on any atom is -0.377 e. The third-order valence-corrected chi connectivity index (χ3v) is 2.93. The molecule has 5 heteroatoms. The van der Waals surface area contributed by atoms with Crippen LogP contribution in [0.4, 0.5) is 14.5 Å². The van der Waals surface area contributed by atoms with Gasteiger partial charge in [0, 0.05) is 17.3 Å². The molecule has 2 nitrogen and oxygen atoms in total. The lowest BCUT2D eigenvalue weighted by Crippen LogP contribution is -2.20. The van der Waals surface area contributed by atoms with E-state index in [1.54, 1.807) is 18.2 Å². The van der Waals surface area contributed by atoms with Crippen molar-refractivity contribution in [3.63, 3.8) is 0 Å². The van der Waals surface area contributed by atoms with Gasteiger partial charge in [0.15, 0.2) is 0 Å². The van der Waals surface area contributed by atoms with Crippen molar-refractivity contribution in [2.45, 2.75) is 6.04 Å². The average Bonchev–Trinajstić information content (AvgIpc) is 2.36. The van der Waals surface area contributed by atoms with Crippen LogP contribution in [0.5, 0.6) is 0 Å². The molecule has 0 saturated carbocycles. The van der Waals surface area contributed by atoms with Gasteiger partial charge >= 0.3 is 0 Å². The third kappa shape index (κ3) is 3.66. The van der Waals surface area contributed by atoms with Crippen molar-refractivity contribution in [2.75, 3.05) is 11.9 Å². The SMILES string of the molecule is NCC(Nc1cc(F)cc(Cl)c1)c1ccc(F)cc1. The number of benzene rings is 2. The quantitative estimate of drug-likeness (QED) is 0.897. The molecule has 2 aromatic rings. The zero-order valence-corrected chi connectivity index (χ0v) is 10.8. The van der Waals surface area contributed by atoms with Crippen LogP contribution in [0.15, 0.2) is 42.5 Å². The van der Waals surface area contributed by atoms with E-state index in [-0.39, 0.29) is 11.9 Å². The average molecular weight is 283 g/mol. The van der Waals surface area contributed by atoms with Crippen LogP contribution in [-0.4, -0.2) is 6.54 Å². The Morgan fingerprint density at radius 2 is 1.74 bits per heavy atom. The fraction of sp³-hybridized carbons (Fsp3) is 0.143. The normalized spacial score (nSPS) is 12.2. The first-order valence-corrected chi connectivity index (χ1v) is 6.14. The summed E-state index contributed by atoms with van der Waals surface area (Å²) in [5, 5.41) is 3.38. The molecule has 0 radical (unpaired) electrons. The number of rotatable bonds is 4. The van der Waals surface area contributed by atoms with Crippen molar-refractivity contribution < 1.29 is 8.78 Å². The maximum Gasteiger partial charge on any atom is 0.126 e. The molecule has 0 saturated heterocycles. The summed E-state index contributed by atoms with van der Waals surface area (Å²) in [5.74, 6) is -0.738. The summed E-state index contributed by atoms with van der Waals surface area (Å²) in [5.41, 5.74) is 7.04. The number of hydrogen-bond acceptors (Lipinski definition) is 2. The fourth-order valence-electron chi connectivity index (χ4n) is 1.81. The Bertz CT molecular complexity index is 538. The molecule has 0 bridgehead atoms. The van der Waals surface area contributed by atoms with Gasteiger partial charge in [0.05, 0.1) is 6.04 Å². The van der Waals surface area contributed by atoms with Crippen LogP contribution < -0.4 is 11.1 Å². The Labute approximate surface area is 115 Å². The molecular formula is C14H13ClF2N2. The van der Waals surface area contributed by atoms with E-state index in [2.05, 4.69) is 5.32 Å². The Kier molecular flexibility index (Phi) is 4.35. The lowest BCUT2D eigenvalue weighted by molar-refractivity contribution is 0.625. The number of halogens is 3. The minimum absolute atomic E-state index is 0.238. The van der Waals surface area contributed by atoms with Crippen molar-refractivity contribution in [3.05, 3.63) is 64.7 Å². The summed E-state index contributed by atoms with van der Waals surface area (Å²) < 4.78 is 26.1. The third-order valence-electron chi connectivity index (χ3n) is 2.71. The predicted molar refractivity (Wildman–Crippen MR) is 73.2 cm³/mol. The van der Waals surface area contributed by atoms with Crippen molar-refractivity contribution >= 4 is 17.3 Å². The van der Waals surface area contributed by atoms with E-state index in [4.69, 9.17) is 17.3 Å². The minimum atomic E-state index is -0.426. The molecule has 1 unspecified atom stereocenters. The van der Waals surface area contributed by atoms with Gasteiger partial charge in [-0.05, 0) is 35.9 Å². The van der Waals surface area contributed by atoms with Crippen LogP contribution in [-0.2, 0) is 0 Å². The molecule has 0 aliphatic carbocycles. The van der Waals surface area contributed by atoms with Crippen LogP contribution in [0.2, 0.25) is 5.02 Å². The van der Waals surface area contributed by atoms with Gasteiger partial charge < -0.3 is 11.1 Å². The van der Waals surface area contributed by atoms with Crippen molar-refractivity contribution in [1.29, 1.82) is 0 Å². The van der Waals surface area contributed by atoms with E-state index in [1.807, 2.05) is 0 Å². The van der Waals surface area contributed by atoms with Crippen LogP contribution in [0.1, 0.15) is 11.6 Å². The maximum absolute atomic E-state index is 13.2. The Morgan fingerprint density at radius 1 is 1.05 bits per heavy atom. The highest BCUT2D eigenvalue weighted by Gasteiger charge is 2.10. The monoisotopic (exact) mass is 282 g/mol. The summed E-state index contributed by atoms with van der Waals surface area (Å²) in [6.07, 6.45) is 0. The Hall–Kier alpha value is -1.65. The molecule has 0 aliphatic rings. The molecule has 0 aliphatic heterocycles. The van der Waals surface area contributed by atoms with Gasteiger partial charge in [0.2, 0.25) is 0 Å². The van der Waals surface area contributed by atoms with Crippen molar-refractivity contribution in [3.8, 4) is 0 Å². The predicted octanol–water partition coefficient (Wildman–Crippen LogP) is 3.73. The highest BCUT2D eigenvalue weighted by Crippen LogP contribution is 2.23. The zero-order valence-electron chi connectivity index (χ0n) is 10.0. The Morgan fingerprint density at radius 3 is 2.32 bits per heavy atom. The van der Waals surface area contributed by atoms with Gasteiger partial charge in [-0.3, -0.25) is 0 Å². The van der Waals surface area contributed by atoms with E-state index >= 15 is 0 Å². The number of hydrogen-bond donors (Lipinski definition) is 2. The van der Waals surface area contributed by atoms with E-state index in [9.17, 15) is 8.78 Å². The molecular weight excluding hydrogens is 270 g/mol. The van der Waals surface area contributed by atoms with Gasteiger partial charge in [-0.15, -0.1) is 0 Å². The van der Waals surface area contributed by atoms with Gasteiger partial charge in [-0.1, -0.05) is 23.7 Å². The van der Waals surface area contributed by atoms with Crippen molar-refractivity contribution in [2.24, 2.45) is 5.73 Å². The molecule has 0 heterocycles. The molecule has 1 atom stereocenters. The fourth-order valence-corrected chi connectivity index (χ4v) is 2.03. The summed E-state index contributed by atoms with van der Waals surface area (Å²) in [6.45, 7) is 0.291. The topological polar surface area (TPSA) is 38.0 Å². The molecule has 2 aromatic carbocycles. The lowest BCUT2D eigenvalue weighted by atomic mass is 10.1. The Balaban J connectivity index is 2.21. The zero-order chi connectivity index (χ0) is 13.8. The smallest absolute Gasteiger partial charge is 0.126 e.